The standard InChI is InChI=1S/C21H32N2O2S/c1-3-18-11-12-19(26-18)21(25)23-17-9-7-16(8-10-17)22-20(24)14(2)13-15-5-4-6-15/h11-12,14-17H,3-10,13H2,1-2H3,(H,22,24)(H,23,25). The zero-order chi connectivity index (χ0) is 18.5. The maximum absolute atomic E-state index is 12.4. The molecule has 0 saturated heterocycles. The monoisotopic (exact) mass is 376 g/mol. The third-order valence-corrected chi connectivity index (χ3v) is 7.23. The van der Waals surface area contributed by atoms with Crippen LogP contribution >= 0.6 is 11.3 Å². The van der Waals surface area contributed by atoms with Crippen LogP contribution in [0.15, 0.2) is 12.1 Å². The van der Waals surface area contributed by atoms with Gasteiger partial charge in [0, 0.05) is 22.9 Å². The average molecular weight is 377 g/mol. The van der Waals surface area contributed by atoms with Crippen LogP contribution in [0.2, 0.25) is 0 Å². The molecule has 1 aromatic heterocycles. The summed E-state index contributed by atoms with van der Waals surface area (Å²) in [5.41, 5.74) is 0. The van der Waals surface area contributed by atoms with Crippen LogP contribution in [0.25, 0.3) is 0 Å². The molecular formula is C21H32N2O2S. The molecule has 1 heterocycles. The van der Waals surface area contributed by atoms with Crippen molar-refractivity contribution in [3.05, 3.63) is 21.9 Å². The number of aryl methyl sites for hydroxylation is 1. The Morgan fingerprint density at radius 2 is 1.73 bits per heavy atom. The molecule has 3 rings (SSSR count). The van der Waals surface area contributed by atoms with Gasteiger partial charge in [-0.15, -0.1) is 11.3 Å². The zero-order valence-electron chi connectivity index (χ0n) is 16.1. The lowest BCUT2D eigenvalue weighted by Gasteiger charge is -2.31. The average Bonchev–Trinajstić information content (AvgIpc) is 3.09. The molecule has 0 bridgehead atoms. The number of carbonyl (C=O) groups is 2. The highest BCUT2D eigenvalue weighted by molar-refractivity contribution is 7.14. The number of nitrogens with one attached hydrogen (secondary N) is 2. The Morgan fingerprint density at radius 1 is 1.08 bits per heavy atom. The molecular weight excluding hydrogens is 344 g/mol. The fourth-order valence-electron chi connectivity index (χ4n) is 4.01. The van der Waals surface area contributed by atoms with E-state index in [1.54, 1.807) is 11.3 Å². The van der Waals surface area contributed by atoms with Crippen LogP contribution in [0.3, 0.4) is 0 Å². The van der Waals surface area contributed by atoms with Crippen molar-refractivity contribution in [3.63, 3.8) is 0 Å². The van der Waals surface area contributed by atoms with Gasteiger partial charge < -0.3 is 10.6 Å². The van der Waals surface area contributed by atoms with Crippen molar-refractivity contribution in [2.24, 2.45) is 11.8 Å². The number of rotatable bonds is 7. The highest BCUT2D eigenvalue weighted by Gasteiger charge is 2.27. The van der Waals surface area contributed by atoms with Gasteiger partial charge in [-0.2, -0.15) is 0 Å². The molecule has 4 nitrogen and oxygen atoms in total. The van der Waals surface area contributed by atoms with E-state index in [0.29, 0.717) is 0 Å². The Balaban J connectivity index is 1.38. The zero-order valence-corrected chi connectivity index (χ0v) is 16.9. The molecule has 2 fully saturated rings. The van der Waals surface area contributed by atoms with Crippen molar-refractivity contribution < 1.29 is 9.59 Å². The van der Waals surface area contributed by atoms with Crippen molar-refractivity contribution in [2.45, 2.75) is 83.7 Å². The van der Waals surface area contributed by atoms with E-state index in [1.807, 2.05) is 12.1 Å². The van der Waals surface area contributed by atoms with E-state index in [2.05, 4.69) is 24.5 Å². The number of hydrogen-bond donors (Lipinski definition) is 2. The molecule has 0 aliphatic heterocycles. The van der Waals surface area contributed by atoms with Crippen molar-refractivity contribution >= 4 is 23.2 Å². The molecule has 1 unspecified atom stereocenters. The predicted molar refractivity (Wildman–Crippen MR) is 106 cm³/mol. The molecule has 0 aromatic carbocycles. The molecule has 0 radical (unpaired) electrons. The van der Waals surface area contributed by atoms with E-state index >= 15 is 0 Å². The maximum Gasteiger partial charge on any atom is 0.261 e. The Morgan fingerprint density at radius 3 is 2.27 bits per heavy atom. The van der Waals surface area contributed by atoms with Crippen LogP contribution in [-0.4, -0.2) is 23.9 Å². The van der Waals surface area contributed by atoms with Crippen LogP contribution in [0.5, 0.6) is 0 Å². The van der Waals surface area contributed by atoms with Crippen molar-refractivity contribution in [1.82, 2.24) is 10.6 Å². The van der Waals surface area contributed by atoms with Crippen molar-refractivity contribution in [3.8, 4) is 0 Å². The fourth-order valence-corrected chi connectivity index (χ4v) is 4.86. The topological polar surface area (TPSA) is 58.2 Å². The molecule has 2 N–H and O–H groups in total. The second-order valence-corrected chi connectivity index (χ2v) is 9.25. The summed E-state index contributed by atoms with van der Waals surface area (Å²) in [7, 11) is 0. The first-order valence-corrected chi connectivity index (χ1v) is 11.1. The van der Waals surface area contributed by atoms with E-state index in [4.69, 9.17) is 0 Å². The van der Waals surface area contributed by atoms with Gasteiger partial charge in [0.05, 0.1) is 4.88 Å². The number of hydrogen-bond acceptors (Lipinski definition) is 3. The maximum atomic E-state index is 12.4. The molecule has 2 aliphatic carbocycles. The first-order valence-electron chi connectivity index (χ1n) is 10.2. The molecule has 0 spiro atoms. The van der Waals surface area contributed by atoms with E-state index in [9.17, 15) is 9.59 Å². The van der Waals surface area contributed by atoms with Crippen LogP contribution < -0.4 is 10.6 Å². The van der Waals surface area contributed by atoms with Crippen LogP contribution in [-0.2, 0) is 11.2 Å². The molecule has 2 aliphatic rings. The summed E-state index contributed by atoms with van der Waals surface area (Å²) >= 11 is 1.58. The lowest BCUT2D eigenvalue weighted by Crippen LogP contribution is -2.45. The minimum Gasteiger partial charge on any atom is -0.353 e. The second kappa shape index (κ2) is 9.03. The summed E-state index contributed by atoms with van der Waals surface area (Å²) < 4.78 is 0. The molecule has 5 heteroatoms. The fraction of sp³-hybridized carbons (Fsp3) is 0.714. The molecule has 1 aromatic rings. The Bertz CT molecular complexity index is 615. The molecule has 2 amide bonds. The largest absolute Gasteiger partial charge is 0.353 e. The molecule has 2 saturated carbocycles. The highest BCUT2D eigenvalue weighted by Crippen LogP contribution is 2.32. The third-order valence-electron chi connectivity index (χ3n) is 6.00. The van der Waals surface area contributed by atoms with Crippen molar-refractivity contribution in [1.29, 1.82) is 0 Å². The number of thiophene rings is 1. The molecule has 26 heavy (non-hydrogen) atoms. The Kier molecular flexibility index (Phi) is 6.74. The lowest BCUT2D eigenvalue weighted by molar-refractivity contribution is -0.126. The minimum atomic E-state index is 0.0521. The number of amides is 2. The quantitative estimate of drug-likeness (QED) is 0.746. The summed E-state index contributed by atoms with van der Waals surface area (Å²) in [6, 6.07) is 4.47. The van der Waals surface area contributed by atoms with Gasteiger partial charge in [-0.25, -0.2) is 0 Å². The SMILES string of the molecule is CCc1ccc(C(=O)NC2CCC(NC(=O)C(C)CC3CCC3)CC2)s1. The van der Waals surface area contributed by atoms with E-state index in [0.717, 1.165) is 49.3 Å². The summed E-state index contributed by atoms with van der Waals surface area (Å²) in [4.78, 5) is 26.8. The van der Waals surface area contributed by atoms with Gasteiger partial charge in [-0.1, -0.05) is 33.1 Å². The van der Waals surface area contributed by atoms with Gasteiger partial charge in [0.1, 0.15) is 0 Å². The van der Waals surface area contributed by atoms with E-state index in [-0.39, 0.29) is 29.8 Å². The van der Waals surface area contributed by atoms with Gasteiger partial charge in [0.2, 0.25) is 5.91 Å². The smallest absolute Gasteiger partial charge is 0.261 e. The van der Waals surface area contributed by atoms with Crippen LogP contribution in [0, 0.1) is 11.8 Å². The highest BCUT2D eigenvalue weighted by atomic mass is 32.1. The van der Waals surface area contributed by atoms with Crippen LogP contribution in [0.1, 0.15) is 79.8 Å². The summed E-state index contributed by atoms with van der Waals surface area (Å²) in [6.45, 7) is 4.17. The predicted octanol–water partition coefficient (Wildman–Crippen LogP) is 4.29. The first kappa shape index (κ1) is 19.4. The van der Waals surface area contributed by atoms with Gasteiger partial charge in [-0.05, 0) is 56.6 Å². The van der Waals surface area contributed by atoms with E-state index in [1.165, 1.54) is 24.1 Å². The van der Waals surface area contributed by atoms with Gasteiger partial charge >= 0.3 is 0 Å². The van der Waals surface area contributed by atoms with Gasteiger partial charge in [0.15, 0.2) is 0 Å². The van der Waals surface area contributed by atoms with Gasteiger partial charge in [0.25, 0.3) is 5.91 Å². The first-order chi connectivity index (χ1) is 12.5. The molecule has 1 atom stereocenters. The Hall–Kier alpha value is -1.36. The summed E-state index contributed by atoms with van der Waals surface area (Å²) in [5, 5.41) is 6.41. The summed E-state index contributed by atoms with van der Waals surface area (Å²) in [6.07, 6.45) is 9.74. The minimum absolute atomic E-state index is 0.0521. The number of carbonyl (C=O) groups excluding carboxylic acids is 2. The van der Waals surface area contributed by atoms with Crippen LogP contribution in [0.4, 0.5) is 0 Å². The van der Waals surface area contributed by atoms with E-state index < -0.39 is 0 Å². The van der Waals surface area contributed by atoms with Gasteiger partial charge in [-0.3, -0.25) is 9.59 Å². The molecule has 144 valence electrons. The van der Waals surface area contributed by atoms with Crippen molar-refractivity contribution in [2.75, 3.05) is 0 Å². The lowest BCUT2D eigenvalue weighted by atomic mass is 9.79. The third kappa shape index (κ3) is 5.09. The normalized spacial score (nSPS) is 24.5. The Labute approximate surface area is 161 Å². The summed E-state index contributed by atoms with van der Waals surface area (Å²) in [5.74, 6) is 1.17. The second-order valence-electron chi connectivity index (χ2n) is 8.08.